The first-order valence-corrected chi connectivity index (χ1v) is 10.3. The maximum atomic E-state index is 13.3. The zero-order chi connectivity index (χ0) is 18.8. The molecule has 1 aliphatic heterocycles. The molecule has 0 saturated heterocycles. The van der Waals surface area contributed by atoms with Gasteiger partial charge in [0.25, 0.3) is 0 Å². The van der Waals surface area contributed by atoms with Crippen molar-refractivity contribution in [3.05, 3.63) is 63.5 Å². The lowest BCUT2D eigenvalue weighted by atomic mass is 9.68. The van der Waals surface area contributed by atoms with Crippen LogP contribution in [0.25, 0.3) is 16.5 Å². The number of anilines is 1. The third-order valence-electron chi connectivity index (χ3n) is 5.82. The number of aromatic amines is 1. The number of rotatable bonds is 1. The number of fused-ring (bicyclic) bond motifs is 4. The third kappa shape index (κ3) is 2.54. The highest BCUT2D eigenvalue weighted by atomic mass is 32.1. The van der Waals surface area contributed by atoms with Gasteiger partial charge in [-0.3, -0.25) is 4.79 Å². The van der Waals surface area contributed by atoms with Gasteiger partial charge in [0.05, 0.1) is 11.4 Å². The third-order valence-corrected chi connectivity index (χ3v) is 6.90. The fourth-order valence-corrected chi connectivity index (χ4v) is 5.63. The lowest BCUT2D eigenvalue weighted by Gasteiger charge is -2.39. The van der Waals surface area contributed by atoms with Crippen LogP contribution < -0.4 is 10.3 Å². The second-order valence-corrected chi connectivity index (χ2v) is 9.45. The predicted octanol–water partition coefficient (Wildman–Crippen LogP) is 5.33. The Balaban J connectivity index is 1.83. The summed E-state index contributed by atoms with van der Waals surface area (Å²) < 4.78 is 0. The number of hydrogen-bond donors (Lipinski definition) is 1. The van der Waals surface area contributed by atoms with Crippen molar-refractivity contribution in [1.29, 1.82) is 0 Å². The summed E-state index contributed by atoms with van der Waals surface area (Å²) in [7, 11) is 0. The minimum absolute atomic E-state index is 0.0137. The SMILES string of the molecule is Cc1ccsc1C1Nc2ccc3[nH+]cccc3c2C2=C1C(=O)CC(C)(C)C2. The van der Waals surface area contributed by atoms with Crippen molar-refractivity contribution in [2.24, 2.45) is 5.41 Å². The molecule has 27 heavy (non-hydrogen) atoms. The van der Waals surface area contributed by atoms with Crippen LogP contribution in [0.1, 0.15) is 48.7 Å². The van der Waals surface area contributed by atoms with Gasteiger partial charge in [-0.15, -0.1) is 11.3 Å². The molecule has 0 radical (unpaired) electrons. The zero-order valence-corrected chi connectivity index (χ0v) is 16.7. The van der Waals surface area contributed by atoms with Crippen LogP contribution in [0.2, 0.25) is 0 Å². The van der Waals surface area contributed by atoms with Crippen LogP contribution in [0, 0.1) is 12.3 Å². The Kier molecular flexibility index (Phi) is 3.57. The molecule has 3 aromatic rings. The Hall–Kier alpha value is -2.46. The molecule has 3 heterocycles. The second-order valence-electron chi connectivity index (χ2n) is 8.50. The van der Waals surface area contributed by atoms with Crippen LogP contribution in [0.15, 0.2) is 47.5 Å². The number of Topliss-reactive ketones (excluding diaryl/α,β-unsaturated/α-hetero) is 1. The summed E-state index contributed by atoms with van der Waals surface area (Å²) in [5, 5.41) is 7.01. The molecule has 136 valence electrons. The molecule has 0 amide bonds. The van der Waals surface area contributed by atoms with Crippen molar-refractivity contribution in [2.75, 3.05) is 5.32 Å². The second kappa shape index (κ2) is 5.77. The van der Waals surface area contributed by atoms with Gasteiger partial charge in [-0.05, 0) is 53.5 Å². The first kappa shape index (κ1) is 16.7. The predicted molar refractivity (Wildman–Crippen MR) is 111 cm³/mol. The van der Waals surface area contributed by atoms with E-state index in [0.29, 0.717) is 6.42 Å². The highest BCUT2D eigenvalue weighted by molar-refractivity contribution is 7.10. The molecule has 5 rings (SSSR count). The Morgan fingerprint density at radius 2 is 2.04 bits per heavy atom. The quantitative estimate of drug-likeness (QED) is 0.624. The number of hydrogen-bond acceptors (Lipinski definition) is 3. The lowest BCUT2D eigenvalue weighted by molar-refractivity contribution is -0.344. The van der Waals surface area contributed by atoms with Gasteiger partial charge >= 0.3 is 0 Å². The highest BCUT2D eigenvalue weighted by Crippen LogP contribution is 2.52. The summed E-state index contributed by atoms with van der Waals surface area (Å²) in [6.45, 7) is 6.55. The normalized spacial score (nSPS) is 21.0. The number of carbonyl (C=O) groups excluding carboxylic acids is 1. The monoisotopic (exact) mass is 375 g/mol. The van der Waals surface area contributed by atoms with E-state index < -0.39 is 0 Å². The first-order chi connectivity index (χ1) is 12.9. The number of benzene rings is 1. The molecule has 4 heteroatoms. The number of aromatic nitrogens is 1. The molecular formula is C23H23N2OS+. The van der Waals surface area contributed by atoms with Gasteiger partial charge in [0.15, 0.2) is 12.0 Å². The summed E-state index contributed by atoms with van der Waals surface area (Å²) in [6, 6.07) is 10.6. The molecule has 1 aliphatic carbocycles. The van der Waals surface area contributed by atoms with Gasteiger partial charge in [0, 0.05) is 40.3 Å². The summed E-state index contributed by atoms with van der Waals surface area (Å²) in [5.74, 6) is 0.286. The van der Waals surface area contributed by atoms with Crippen LogP contribution >= 0.6 is 11.3 Å². The van der Waals surface area contributed by atoms with Crippen LogP contribution in [0.3, 0.4) is 0 Å². The molecule has 2 aromatic heterocycles. The van der Waals surface area contributed by atoms with Crippen molar-refractivity contribution in [3.63, 3.8) is 0 Å². The molecular weight excluding hydrogens is 352 g/mol. The summed E-state index contributed by atoms with van der Waals surface area (Å²) in [5.41, 5.74) is 6.87. The largest absolute Gasteiger partial charge is 0.373 e. The minimum atomic E-state index is -0.0405. The maximum Gasteiger partial charge on any atom is 0.211 e. The fraction of sp³-hybridized carbons (Fsp3) is 0.304. The van der Waals surface area contributed by atoms with Crippen molar-refractivity contribution >= 4 is 39.3 Å². The number of aryl methyl sites for hydroxylation is 1. The van der Waals surface area contributed by atoms with Gasteiger partial charge in [0.1, 0.15) is 0 Å². The van der Waals surface area contributed by atoms with E-state index in [0.717, 1.165) is 23.2 Å². The van der Waals surface area contributed by atoms with E-state index in [1.807, 2.05) is 12.3 Å². The van der Waals surface area contributed by atoms with Crippen molar-refractivity contribution in [2.45, 2.75) is 39.7 Å². The maximum absolute atomic E-state index is 13.3. The number of pyridine rings is 1. The van der Waals surface area contributed by atoms with Crippen LogP contribution in [-0.4, -0.2) is 5.78 Å². The molecule has 0 fully saturated rings. The fourth-order valence-electron chi connectivity index (χ4n) is 4.64. The number of nitrogens with one attached hydrogen (secondary N) is 2. The topological polar surface area (TPSA) is 43.2 Å². The Morgan fingerprint density at radius 1 is 1.19 bits per heavy atom. The van der Waals surface area contributed by atoms with Crippen molar-refractivity contribution in [1.82, 2.24) is 0 Å². The molecule has 1 unspecified atom stereocenters. The molecule has 1 atom stereocenters. The number of allylic oxidation sites excluding steroid dienone is 1. The van der Waals surface area contributed by atoms with E-state index >= 15 is 0 Å². The van der Waals surface area contributed by atoms with Gasteiger partial charge in [-0.2, -0.15) is 0 Å². The van der Waals surface area contributed by atoms with Gasteiger partial charge < -0.3 is 5.32 Å². The van der Waals surface area contributed by atoms with Gasteiger partial charge in [-0.1, -0.05) is 13.8 Å². The Labute approximate surface area is 163 Å². The van der Waals surface area contributed by atoms with Crippen LogP contribution in [0.5, 0.6) is 0 Å². The highest BCUT2D eigenvalue weighted by Gasteiger charge is 2.41. The van der Waals surface area contributed by atoms with Crippen molar-refractivity contribution in [3.8, 4) is 0 Å². The van der Waals surface area contributed by atoms with E-state index in [4.69, 9.17) is 0 Å². The number of carbonyl (C=O) groups is 1. The van der Waals surface area contributed by atoms with Gasteiger partial charge in [0.2, 0.25) is 5.52 Å². The minimum Gasteiger partial charge on any atom is -0.373 e. The van der Waals surface area contributed by atoms with E-state index in [1.165, 1.54) is 27.0 Å². The Bertz CT molecular complexity index is 1120. The van der Waals surface area contributed by atoms with Crippen LogP contribution in [-0.2, 0) is 4.79 Å². The molecule has 1 aromatic carbocycles. The smallest absolute Gasteiger partial charge is 0.211 e. The summed E-state index contributed by atoms with van der Waals surface area (Å²) in [4.78, 5) is 17.9. The van der Waals surface area contributed by atoms with Gasteiger partial charge in [-0.25, -0.2) is 4.98 Å². The molecule has 2 N–H and O–H groups in total. The molecule has 0 saturated carbocycles. The standard InChI is InChI=1S/C23H22N2OS/c1-13-8-10-27-22(13)21-20-15(11-23(2,3)12-18(20)26)19-14-5-4-9-24-16(14)6-7-17(19)25-21/h4-10,21,25H,11-12H2,1-3H3/p+1. The van der Waals surface area contributed by atoms with E-state index in [1.54, 1.807) is 11.3 Å². The number of thiophene rings is 1. The molecule has 0 bridgehead atoms. The number of H-pyrrole nitrogens is 1. The summed E-state index contributed by atoms with van der Waals surface area (Å²) >= 11 is 1.74. The summed E-state index contributed by atoms with van der Waals surface area (Å²) in [6.07, 6.45) is 3.49. The average molecular weight is 376 g/mol. The van der Waals surface area contributed by atoms with Crippen LogP contribution in [0.4, 0.5) is 5.69 Å². The van der Waals surface area contributed by atoms with E-state index in [-0.39, 0.29) is 17.2 Å². The molecule has 0 spiro atoms. The van der Waals surface area contributed by atoms with E-state index in [9.17, 15) is 4.79 Å². The Morgan fingerprint density at radius 3 is 2.81 bits per heavy atom. The first-order valence-electron chi connectivity index (χ1n) is 9.45. The number of ketones is 1. The average Bonchev–Trinajstić information content (AvgIpc) is 3.05. The lowest BCUT2D eigenvalue weighted by Crippen LogP contribution is -2.33. The van der Waals surface area contributed by atoms with E-state index in [2.05, 4.69) is 60.7 Å². The zero-order valence-electron chi connectivity index (χ0n) is 15.8. The molecule has 2 aliphatic rings. The molecule has 3 nitrogen and oxygen atoms in total. The van der Waals surface area contributed by atoms with Crippen molar-refractivity contribution < 1.29 is 9.78 Å².